The first-order valence-electron chi connectivity index (χ1n) is 5.28. The van der Waals surface area contributed by atoms with Crippen molar-refractivity contribution in [3.8, 4) is 0 Å². The third-order valence-corrected chi connectivity index (χ3v) is 3.69. The molecule has 2 aromatic rings. The molecule has 1 aromatic heterocycles. The lowest BCUT2D eigenvalue weighted by molar-refractivity contribution is 0.569. The normalized spacial score (nSPS) is 19.9. The fourth-order valence-electron chi connectivity index (χ4n) is 2.24. The Morgan fingerprint density at radius 3 is 3.00 bits per heavy atom. The Morgan fingerprint density at radius 2 is 2.13 bits per heavy atom. The topological polar surface area (TPSA) is 12.0 Å². The van der Waals surface area contributed by atoms with Crippen molar-refractivity contribution in [2.45, 2.75) is 12.5 Å². The number of benzene rings is 1. The van der Waals surface area contributed by atoms with E-state index in [0.29, 0.717) is 6.04 Å². The number of nitrogens with one attached hydrogen (secondary N) is 1. The number of thiophene rings is 1. The van der Waals surface area contributed by atoms with E-state index in [-0.39, 0.29) is 0 Å². The van der Waals surface area contributed by atoms with Gasteiger partial charge in [0.2, 0.25) is 0 Å². The maximum atomic E-state index is 3.58. The average molecular weight is 215 g/mol. The van der Waals surface area contributed by atoms with E-state index < -0.39 is 0 Å². The number of hydrogen-bond acceptors (Lipinski definition) is 2. The highest BCUT2D eigenvalue weighted by molar-refractivity contribution is 7.08. The van der Waals surface area contributed by atoms with Crippen LogP contribution in [0.4, 0.5) is 0 Å². The van der Waals surface area contributed by atoms with Gasteiger partial charge in [0.25, 0.3) is 0 Å². The van der Waals surface area contributed by atoms with Crippen LogP contribution >= 0.6 is 11.3 Å². The van der Waals surface area contributed by atoms with Crippen LogP contribution in [0.25, 0.3) is 0 Å². The fraction of sp³-hybridized carbons (Fsp3) is 0.231. The summed E-state index contributed by atoms with van der Waals surface area (Å²) in [4.78, 5) is 0. The van der Waals surface area contributed by atoms with E-state index in [2.05, 4.69) is 46.4 Å². The highest BCUT2D eigenvalue weighted by Crippen LogP contribution is 2.29. The number of rotatable bonds is 1. The fourth-order valence-corrected chi connectivity index (χ4v) is 2.93. The second-order valence-corrected chi connectivity index (χ2v) is 4.67. The van der Waals surface area contributed by atoms with Gasteiger partial charge in [-0.05, 0) is 39.9 Å². The quantitative estimate of drug-likeness (QED) is 0.771. The summed E-state index contributed by atoms with van der Waals surface area (Å²) in [5, 5.41) is 7.97. The van der Waals surface area contributed by atoms with Crippen molar-refractivity contribution < 1.29 is 0 Å². The maximum Gasteiger partial charge on any atom is 0.0587 e. The molecule has 1 N–H and O–H groups in total. The molecule has 1 aromatic carbocycles. The molecule has 0 aliphatic carbocycles. The van der Waals surface area contributed by atoms with Crippen molar-refractivity contribution in [1.29, 1.82) is 0 Å². The predicted octanol–water partition coefficient (Wildman–Crippen LogP) is 2.98. The highest BCUT2D eigenvalue weighted by Gasteiger charge is 2.20. The molecule has 0 radical (unpaired) electrons. The number of hydrogen-bond donors (Lipinski definition) is 1. The third-order valence-electron chi connectivity index (χ3n) is 2.99. The standard InChI is InChI=1S/C13H13NS/c1-2-4-12-10(3-1)5-7-14-13(12)11-6-8-15-9-11/h1-4,6,8-9,13-14H,5,7H2. The second-order valence-electron chi connectivity index (χ2n) is 3.89. The van der Waals surface area contributed by atoms with Crippen LogP contribution in [0.15, 0.2) is 41.1 Å². The molecule has 3 rings (SSSR count). The zero-order valence-electron chi connectivity index (χ0n) is 8.44. The average Bonchev–Trinajstić information content (AvgIpc) is 2.82. The van der Waals surface area contributed by atoms with Gasteiger partial charge in [-0.2, -0.15) is 11.3 Å². The van der Waals surface area contributed by atoms with Gasteiger partial charge < -0.3 is 5.32 Å². The molecule has 2 heteroatoms. The van der Waals surface area contributed by atoms with Crippen molar-refractivity contribution in [1.82, 2.24) is 5.32 Å². The Labute approximate surface area is 93.8 Å². The highest BCUT2D eigenvalue weighted by atomic mass is 32.1. The maximum absolute atomic E-state index is 3.58. The van der Waals surface area contributed by atoms with E-state index in [9.17, 15) is 0 Å². The molecule has 1 aliphatic heterocycles. The third kappa shape index (κ3) is 1.60. The van der Waals surface area contributed by atoms with Gasteiger partial charge in [0, 0.05) is 6.54 Å². The Hall–Kier alpha value is -1.12. The van der Waals surface area contributed by atoms with Crippen molar-refractivity contribution in [2.75, 3.05) is 6.54 Å². The largest absolute Gasteiger partial charge is 0.306 e. The van der Waals surface area contributed by atoms with Crippen LogP contribution in [-0.4, -0.2) is 6.54 Å². The van der Waals surface area contributed by atoms with Gasteiger partial charge >= 0.3 is 0 Å². The van der Waals surface area contributed by atoms with Gasteiger partial charge in [0.1, 0.15) is 0 Å². The molecule has 0 bridgehead atoms. The summed E-state index contributed by atoms with van der Waals surface area (Å²) < 4.78 is 0. The Kier molecular flexibility index (Phi) is 2.31. The number of fused-ring (bicyclic) bond motifs is 1. The summed E-state index contributed by atoms with van der Waals surface area (Å²) in [5.41, 5.74) is 4.33. The van der Waals surface area contributed by atoms with Crippen LogP contribution < -0.4 is 5.32 Å². The van der Waals surface area contributed by atoms with Crippen molar-refractivity contribution in [3.05, 3.63) is 57.8 Å². The Balaban J connectivity index is 2.06. The molecule has 76 valence electrons. The van der Waals surface area contributed by atoms with E-state index in [1.165, 1.54) is 16.7 Å². The van der Waals surface area contributed by atoms with Gasteiger partial charge in [-0.25, -0.2) is 0 Å². The molecule has 15 heavy (non-hydrogen) atoms. The predicted molar refractivity (Wildman–Crippen MR) is 64.3 cm³/mol. The summed E-state index contributed by atoms with van der Waals surface area (Å²) in [6, 6.07) is 11.4. The first-order valence-corrected chi connectivity index (χ1v) is 6.23. The molecule has 0 spiro atoms. The van der Waals surface area contributed by atoms with Gasteiger partial charge in [-0.3, -0.25) is 0 Å². The lowest BCUT2D eigenvalue weighted by Gasteiger charge is -2.26. The van der Waals surface area contributed by atoms with Crippen LogP contribution in [0.2, 0.25) is 0 Å². The summed E-state index contributed by atoms with van der Waals surface area (Å²) in [6.45, 7) is 1.08. The molecular formula is C13H13NS. The minimum atomic E-state index is 0.404. The molecule has 0 saturated carbocycles. The minimum absolute atomic E-state index is 0.404. The molecule has 1 nitrogen and oxygen atoms in total. The summed E-state index contributed by atoms with van der Waals surface area (Å²) in [7, 11) is 0. The first-order chi connectivity index (χ1) is 7.45. The van der Waals surface area contributed by atoms with E-state index in [4.69, 9.17) is 0 Å². The Morgan fingerprint density at radius 1 is 1.20 bits per heavy atom. The van der Waals surface area contributed by atoms with Crippen molar-refractivity contribution in [2.24, 2.45) is 0 Å². The molecule has 0 amide bonds. The van der Waals surface area contributed by atoms with Gasteiger partial charge in [-0.15, -0.1) is 0 Å². The Bertz CT molecular complexity index is 447. The van der Waals surface area contributed by atoms with Gasteiger partial charge in [0.05, 0.1) is 6.04 Å². The van der Waals surface area contributed by atoms with Gasteiger partial charge in [0.15, 0.2) is 0 Å². The molecule has 1 aliphatic rings. The summed E-state index contributed by atoms with van der Waals surface area (Å²) >= 11 is 1.77. The molecular weight excluding hydrogens is 202 g/mol. The molecule has 0 fully saturated rings. The first kappa shape index (κ1) is 9.13. The molecule has 1 atom stereocenters. The van der Waals surface area contributed by atoms with Crippen LogP contribution in [0, 0.1) is 0 Å². The van der Waals surface area contributed by atoms with Gasteiger partial charge in [-0.1, -0.05) is 24.3 Å². The zero-order chi connectivity index (χ0) is 10.1. The van der Waals surface area contributed by atoms with Crippen LogP contribution in [0.3, 0.4) is 0 Å². The molecule has 2 heterocycles. The lowest BCUT2D eigenvalue weighted by atomic mass is 9.91. The van der Waals surface area contributed by atoms with Crippen molar-refractivity contribution >= 4 is 11.3 Å². The van der Waals surface area contributed by atoms with E-state index >= 15 is 0 Å². The summed E-state index contributed by atoms with van der Waals surface area (Å²) in [5.74, 6) is 0. The molecule has 0 saturated heterocycles. The minimum Gasteiger partial charge on any atom is -0.306 e. The van der Waals surface area contributed by atoms with Crippen LogP contribution in [0.5, 0.6) is 0 Å². The van der Waals surface area contributed by atoms with E-state index in [1.807, 2.05) is 0 Å². The van der Waals surface area contributed by atoms with Crippen molar-refractivity contribution in [3.63, 3.8) is 0 Å². The molecule has 1 unspecified atom stereocenters. The van der Waals surface area contributed by atoms with Crippen LogP contribution in [0.1, 0.15) is 22.7 Å². The zero-order valence-corrected chi connectivity index (χ0v) is 9.26. The van der Waals surface area contributed by atoms with E-state index in [0.717, 1.165) is 13.0 Å². The van der Waals surface area contributed by atoms with Crippen LogP contribution in [-0.2, 0) is 6.42 Å². The smallest absolute Gasteiger partial charge is 0.0587 e. The SMILES string of the molecule is c1ccc2c(c1)CCNC2c1ccsc1. The monoisotopic (exact) mass is 215 g/mol. The van der Waals surface area contributed by atoms with E-state index in [1.54, 1.807) is 11.3 Å². The second kappa shape index (κ2) is 3.80. The lowest BCUT2D eigenvalue weighted by Crippen LogP contribution is -2.30. The summed E-state index contributed by atoms with van der Waals surface area (Å²) in [6.07, 6.45) is 1.15.